The largest absolute Gasteiger partial charge is 0.359 e. The molecule has 0 bridgehead atoms. The maximum Gasteiger partial charge on any atom is 0.169 e. The van der Waals surface area contributed by atoms with Crippen molar-refractivity contribution in [1.82, 2.24) is 19.7 Å². The molecule has 0 spiro atoms. The lowest BCUT2D eigenvalue weighted by atomic mass is 10.0. The number of allylic oxidation sites excluding steroid dienone is 6. The Morgan fingerprint density at radius 1 is 0.895 bits per heavy atom. The van der Waals surface area contributed by atoms with E-state index in [1.807, 2.05) is 48.9 Å². The third-order valence-electron chi connectivity index (χ3n) is 6.06. The highest BCUT2D eigenvalue weighted by molar-refractivity contribution is 5.79. The number of aromatic nitrogens is 4. The van der Waals surface area contributed by atoms with Gasteiger partial charge in [0.15, 0.2) is 23.2 Å². The lowest BCUT2D eigenvalue weighted by Crippen LogP contribution is -1.99. The molecule has 0 saturated heterocycles. The van der Waals surface area contributed by atoms with Gasteiger partial charge in [-0.2, -0.15) is 0 Å². The van der Waals surface area contributed by atoms with Crippen molar-refractivity contribution in [3.63, 3.8) is 0 Å². The molecule has 38 heavy (non-hydrogen) atoms. The van der Waals surface area contributed by atoms with Crippen molar-refractivity contribution in [3.05, 3.63) is 126 Å². The second-order valence-corrected chi connectivity index (χ2v) is 8.50. The van der Waals surface area contributed by atoms with Crippen LogP contribution in [0.5, 0.6) is 0 Å². The van der Waals surface area contributed by atoms with Gasteiger partial charge in [0.1, 0.15) is 11.4 Å². The molecular formula is C31H26F2N4O. The summed E-state index contributed by atoms with van der Waals surface area (Å²) in [5.41, 5.74) is 5.37. The van der Waals surface area contributed by atoms with Crippen molar-refractivity contribution in [3.8, 4) is 22.8 Å². The Morgan fingerprint density at radius 3 is 2.55 bits per heavy atom. The Labute approximate surface area is 219 Å². The van der Waals surface area contributed by atoms with Gasteiger partial charge < -0.3 is 9.09 Å². The minimum atomic E-state index is -0.956. The smallest absolute Gasteiger partial charge is 0.169 e. The van der Waals surface area contributed by atoms with Crippen LogP contribution in [0.25, 0.3) is 33.9 Å². The topological polar surface area (TPSA) is 56.7 Å². The van der Waals surface area contributed by atoms with Crippen LogP contribution in [0.3, 0.4) is 0 Å². The zero-order valence-corrected chi connectivity index (χ0v) is 21.1. The molecule has 0 amide bonds. The van der Waals surface area contributed by atoms with Gasteiger partial charge in [0, 0.05) is 24.0 Å². The molecule has 5 nitrogen and oxygen atoms in total. The summed E-state index contributed by atoms with van der Waals surface area (Å²) in [6, 6.07) is 18.0. The molecule has 7 heteroatoms. The molecule has 3 heterocycles. The summed E-state index contributed by atoms with van der Waals surface area (Å²) in [5, 5.41) is 4.26. The Kier molecular flexibility index (Phi) is 7.35. The van der Waals surface area contributed by atoms with E-state index in [0.717, 1.165) is 23.8 Å². The highest BCUT2D eigenvalue weighted by atomic mass is 19.2. The lowest BCUT2D eigenvalue weighted by molar-refractivity contribution is 0.375. The summed E-state index contributed by atoms with van der Waals surface area (Å²) < 4.78 is 35.3. The van der Waals surface area contributed by atoms with Crippen molar-refractivity contribution < 1.29 is 13.3 Å². The summed E-state index contributed by atoms with van der Waals surface area (Å²) in [5.74, 6) is -1.06. The average Bonchev–Trinajstić information content (AvgIpc) is 3.51. The van der Waals surface area contributed by atoms with Crippen molar-refractivity contribution in [1.29, 1.82) is 0 Å². The van der Waals surface area contributed by atoms with E-state index in [0.29, 0.717) is 23.7 Å². The molecule has 3 aliphatic rings. The number of fused-ring (bicyclic) bond motifs is 1. The number of halogens is 2. The molecule has 0 unspecified atom stereocenters. The van der Waals surface area contributed by atoms with Crippen molar-refractivity contribution >= 4 is 11.1 Å². The van der Waals surface area contributed by atoms with Crippen LogP contribution in [0.2, 0.25) is 0 Å². The molecule has 190 valence electrons. The Bertz CT molecular complexity index is 1610. The first-order chi connectivity index (χ1) is 18.6. The minimum absolute atomic E-state index is 0.0341. The molecule has 0 radical (unpaired) electrons. The maximum absolute atomic E-state index is 14.2. The predicted molar refractivity (Wildman–Crippen MR) is 145 cm³/mol. The van der Waals surface area contributed by atoms with E-state index in [1.54, 1.807) is 12.3 Å². The fourth-order valence-electron chi connectivity index (χ4n) is 4.21. The predicted octanol–water partition coefficient (Wildman–Crippen LogP) is 7.82. The van der Waals surface area contributed by atoms with E-state index in [9.17, 15) is 8.78 Å². The third kappa shape index (κ3) is 5.22. The number of benzene rings is 2. The molecule has 0 fully saturated rings. The van der Waals surface area contributed by atoms with Gasteiger partial charge in [-0.1, -0.05) is 79.7 Å². The number of pyridine rings is 1. The monoisotopic (exact) mass is 508 g/mol. The summed E-state index contributed by atoms with van der Waals surface area (Å²) >= 11 is 0. The van der Waals surface area contributed by atoms with Crippen LogP contribution in [0, 0.1) is 11.6 Å². The highest BCUT2D eigenvalue weighted by Crippen LogP contribution is 2.28. The van der Waals surface area contributed by atoms with Crippen LogP contribution in [0.4, 0.5) is 8.78 Å². The number of rotatable bonds is 5. The first kappa shape index (κ1) is 25.0. The molecule has 6 rings (SSSR count). The standard InChI is InChI=1S/C29H20F2N4O.C2H6/c30-24-11-5-10-23(28(24)31)29-32-25-14-15-35(18-27(25)33-29)17-22-16-26(34-36-22)21-9-4-8-20(12-13-21)19-6-2-1-3-7-19;1-2/h1-7,9-16,18H,8,17H2;1-2H3. The number of imidazole rings is 1. The van der Waals surface area contributed by atoms with Crippen molar-refractivity contribution in [2.45, 2.75) is 26.8 Å². The molecular weight excluding hydrogens is 482 g/mol. The van der Waals surface area contributed by atoms with Crippen LogP contribution >= 0.6 is 0 Å². The van der Waals surface area contributed by atoms with E-state index in [2.05, 4.69) is 51.6 Å². The molecule has 1 aromatic heterocycles. The summed E-state index contributed by atoms with van der Waals surface area (Å²) in [7, 11) is 0. The number of nitrogens with zero attached hydrogens (tertiary/aromatic N) is 4. The van der Waals surface area contributed by atoms with Gasteiger partial charge in [-0.15, -0.1) is 0 Å². The Balaban J connectivity index is 0.00000144. The fourth-order valence-corrected chi connectivity index (χ4v) is 4.21. The van der Waals surface area contributed by atoms with Gasteiger partial charge in [-0.3, -0.25) is 0 Å². The van der Waals surface area contributed by atoms with E-state index in [1.165, 1.54) is 23.3 Å². The van der Waals surface area contributed by atoms with Gasteiger partial charge in [-0.25, -0.2) is 18.7 Å². The van der Waals surface area contributed by atoms with E-state index in [4.69, 9.17) is 4.52 Å². The van der Waals surface area contributed by atoms with E-state index < -0.39 is 11.6 Å². The van der Waals surface area contributed by atoms with Gasteiger partial charge in [-0.05, 0) is 35.8 Å². The van der Waals surface area contributed by atoms with E-state index >= 15 is 0 Å². The second kappa shape index (κ2) is 11.2. The van der Waals surface area contributed by atoms with Gasteiger partial charge >= 0.3 is 0 Å². The van der Waals surface area contributed by atoms with Gasteiger partial charge in [0.05, 0.1) is 17.8 Å². The molecule has 2 aliphatic heterocycles. The van der Waals surface area contributed by atoms with Crippen LogP contribution in [0.15, 0.2) is 102 Å². The van der Waals surface area contributed by atoms with Crippen LogP contribution in [-0.4, -0.2) is 19.7 Å². The minimum Gasteiger partial charge on any atom is -0.359 e. The van der Waals surface area contributed by atoms with Crippen LogP contribution in [0.1, 0.15) is 37.3 Å². The first-order valence-electron chi connectivity index (χ1n) is 12.5. The molecule has 1 aliphatic carbocycles. The van der Waals surface area contributed by atoms with Gasteiger partial charge in [0.25, 0.3) is 0 Å². The zero-order valence-electron chi connectivity index (χ0n) is 21.1. The zero-order chi connectivity index (χ0) is 26.5. The normalized spacial score (nSPS) is 12.9. The van der Waals surface area contributed by atoms with E-state index in [-0.39, 0.29) is 11.4 Å². The molecule has 2 aromatic carbocycles. The third-order valence-corrected chi connectivity index (χ3v) is 6.06. The Morgan fingerprint density at radius 2 is 1.71 bits per heavy atom. The summed E-state index contributed by atoms with van der Waals surface area (Å²) in [6.45, 7) is 4.43. The first-order valence-corrected chi connectivity index (χ1v) is 12.5. The molecule has 3 aromatic rings. The second-order valence-electron chi connectivity index (χ2n) is 8.50. The molecule has 0 N–H and O–H groups in total. The lowest BCUT2D eigenvalue weighted by Gasteiger charge is -2.04. The van der Waals surface area contributed by atoms with Crippen LogP contribution < -0.4 is 0 Å². The molecule has 0 atom stereocenters. The number of hydrogen-bond donors (Lipinski definition) is 0. The fraction of sp³-hybridized carbons (Fsp3) is 0.129. The number of hydrogen-bond acceptors (Lipinski definition) is 4. The SMILES string of the molecule is CC.Fc1cccc(-c2nc3ccn(Cc4cc(C5=CC=C(c6ccccc6)CC=C5)no4)cc-3n2)c1F. The average molecular weight is 509 g/mol. The summed E-state index contributed by atoms with van der Waals surface area (Å²) in [6.07, 6.45) is 12.8. The summed E-state index contributed by atoms with van der Waals surface area (Å²) in [4.78, 5) is 8.75. The quantitative estimate of drug-likeness (QED) is 0.243. The Hall–Kier alpha value is -4.65. The van der Waals surface area contributed by atoms with Crippen LogP contribution in [-0.2, 0) is 6.54 Å². The van der Waals surface area contributed by atoms with Crippen molar-refractivity contribution in [2.75, 3.05) is 0 Å². The van der Waals surface area contributed by atoms with Crippen molar-refractivity contribution in [2.24, 2.45) is 0 Å². The molecule has 0 saturated carbocycles. The highest BCUT2D eigenvalue weighted by Gasteiger charge is 2.18. The maximum atomic E-state index is 14.2. The van der Waals surface area contributed by atoms with Gasteiger partial charge in [0.2, 0.25) is 0 Å².